The van der Waals surface area contributed by atoms with Crippen molar-refractivity contribution < 1.29 is 4.74 Å². The number of para-hydroxylation sites is 1. The summed E-state index contributed by atoms with van der Waals surface area (Å²) in [6.45, 7) is 0.971. The highest BCUT2D eigenvalue weighted by Gasteiger charge is 2.27. The summed E-state index contributed by atoms with van der Waals surface area (Å²) in [4.78, 5) is 32.8. The van der Waals surface area contributed by atoms with E-state index in [9.17, 15) is 9.70 Å². The Labute approximate surface area is 182 Å². The topological polar surface area (TPSA) is 121 Å². The third kappa shape index (κ3) is 3.45. The van der Waals surface area contributed by atoms with Crippen LogP contribution in [-0.4, -0.2) is 37.2 Å². The summed E-state index contributed by atoms with van der Waals surface area (Å²) in [6.07, 6.45) is 2.58. The Morgan fingerprint density at radius 3 is 2.34 bits per heavy atom. The Balaban J connectivity index is 1.55. The SMILES string of the molecule is Nc1ncnc2c1n(-c1ccc(Oc3ccccc3)cc1)c(=O)n2C1CCN(N=O)CC1. The number of nitroso groups, excluding NO2 is 1. The number of aromatic nitrogens is 4. The van der Waals surface area contributed by atoms with Gasteiger partial charge in [-0.25, -0.2) is 14.8 Å². The van der Waals surface area contributed by atoms with Crippen molar-refractivity contribution in [3.63, 3.8) is 0 Å². The van der Waals surface area contributed by atoms with Gasteiger partial charge < -0.3 is 10.5 Å². The second kappa shape index (κ2) is 8.14. The van der Waals surface area contributed by atoms with Crippen LogP contribution in [0, 0.1) is 4.91 Å². The summed E-state index contributed by atoms with van der Waals surface area (Å²) >= 11 is 0. The summed E-state index contributed by atoms with van der Waals surface area (Å²) in [6, 6.07) is 16.5. The van der Waals surface area contributed by atoms with Crippen molar-refractivity contribution in [3.8, 4) is 17.2 Å². The number of ether oxygens (including phenoxy) is 1. The molecule has 2 aromatic carbocycles. The first-order valence-electron chi connectivity index (χ1n) is 10.3. The minimum absolute atomic E-state index is 0.112. The van der Waals surface area contributed by atoms with Gasteiger partial charge in [0.1, 0.15) is 23.3 Å². The molecule has 162 valence electrons. The molecule has 10 heteroatoms. The van der Waals surface area contributed by atoms with E-state index in [1.165, 1.54) is 15.9 Å². The Hall–Kier alpha value is -4.21. The Kier molecular flexibility index (Phi) is 5.02. The van der Waals surface area contributed by atoms with Crippen LogP contribution in [0.25, 0.3) is 16.9 Å². The third-order valence-corrected chi connectivity index (χ3v) is 5.68. The second-order valence-corrected chi connectivity index (χ2v) is 7.59. The number of nitrogen functional groups attached to an aromatic ring is 1. The molecular formula is C22H21N7O3. The molecule has 1 fully saturated rings. The number of nitrogens with two attached hydrogens (primary N) is 1. The van der Waals surface area contributed by atoms with Gasteiger partial charge in [-0.3, -0.25) is 14.1 Å². The lowest BCUT2D eigenvalue weighted by Gasteiger charge is -2.28. The van der Waals surface area contributed by atoms with E-state index in [1.54, 1.807) is 28.8 Å². The van der Waals surface area contributed by atoms with E-state index in [0.717, 1.165) is 5.75 Å². The molecular weight excluding hydrogens is 410 g/mol. The number of benzene rings is 2. The smallest absolute Gasteiger partial charge is 0.335 e. The first-order valence-corrected chi connectivity index (χ1v) is 10.3. The molecule has 1 aliphatic heterocycles. The number of piperidine rings is 1. The molecule has 1 saturated heterocycles. The normalized spacial score (nSPS) is 14.6. The van der Waals surface area contributed by atoms with Crippen molar-refractivity contribution >= 4 is 17.0 Å². The molecule has 3 heterocycles. The molecule has 0 aliphatic carbocycles. The summed E-state index contributed by atoms with van der Waals surface area (Å²) in [5, 5.41) is 4.47. The highest BCUT2D eigenvalue weighted by atomic mass is 16.5. The van der Waals surface area contributed by atoms with E-state index in [4.69, 9.17) is 10.5 Å². The lowest BCUT2D eigenvalue weighted by molar-refractivity contribution is 0.190. The van der Waals surface area contributed by atoms with Crippen molar-refractivity contribution in [2.24, 2.45) is 5.29 Å². The Bertz CT molecular complexity index is 1310. The maximum absolute atomic E-state index is 13.5. The van der Waals surface area contributed by atoms with Crippen LogP contribution < -0.4 is 16.2 Å². The fourth-order valence-corrected chi connectivity index (χ4v) is 4.12. The average molecular weight is 431 g/mol. The van der Waals surface area contributed by atoms with Gasteiger partial charge in [0.05, 0.1) is 11.0 Å². The number of fused-ring (bicyclic) bond motifs is 1. The minimum Gasteiger partial charge on any atom is -0.457 e. The zero-order valence-corrected chi connectivity index (χ0v) is 17.2. The minimum atomic E-state index is -0.249. The molecule has 5 rings (SSSR count). The van der Waals surface area contributed by atoms with Crippen LogP contribution in [0.1, 0.15) is 18.9 Å². The first-order chi connectivity index (χ1) is 15.7. The highest BCUT2D eigenvalue weighted by molar-refractivity contribution is 5.84. The van der Waals surface area contributed by atoms with Crippen molar-refractivity contribution in [3.05, 3.63) is 76.3 Å². The van der Waals surface area contributed by atoms with E-state index in [-0.39, 0.29) is 17.5 Å². The summed E-state index contributed by atoms with van der Waals surface area (Å²) in [5.74, 6) is 1.60. The summed E-state index contributed by atoms with van der Waals surface area (Å²) in [5.41, 5.74) is 7.49. The molecule has 0 atom stereocenters. The molecule has 0 unspecified atom stereocenters. The van der Waals surface area contributed by atoms with Crippen molar-refractivity contribution in [1.82, 2.24) is 24.1 Å². The average Bonchev–Trinajstić information content (AvgIpc) is 3.13. The van der Waals surface area contributed by atoms with E-state index >= 15 is 0 Å². The standard InChI is InChI=1S/C22H21N7O3/c23-20-19-21(25-14-24-20)29(16-10-12-27(26-31)13-11-16)22(30)28(19)15-6-8-18(9-7-15)32-17-4-2-1-3-5-17/h1-9,14,16H,10-13H2,(H2,23,24,25). The van der Waals surface area contributed by atoms with Crippen LogP contribution in [0.2, 0.25) is 0 Å². The molecule has 32 heavy (non-hydrogen) atoms. The molecule has 0 bridgehead atoms. The predicted octanol–water partition coefficient (Wildman–Crippen LogP) is 3.28. The van der Waals surface area contributed by atoms with Gasteiger partial charge in [-0.15, -0.1) is 4.91 Å². The van der Waals surface area contributed by atoms with Gasteiger partial charge in [-0.1, -0.05) is 18.2 Å². The third-order valence-electron chi connectivity index (χ3n) is 5.68. The van der Waals surface area contributed by atoms with Crippen LogP contribution >= 0.6 is 0 Å². The van der Waals surface area contributed by atoms with E-state index in [1.807, 2.05) is 30.3 Å². The van der Waals surface area contributed by atoms with E-state index < -0.39 is 0 Å². The Morgan fingerprint density at radius 1 is 0.969 bits per heavy atom. The van der Waals surface area contributed by atoms with Gasteiger partial charge in [0.25, 0.3) is 0 Å². The largest absolute Gasteiger partial charge is 0.457 e. The monoisotopic (exact) mass is 431 g/mol. The number of nitrogens with zero attached hydrogens (tertiary/aromatic N) is 6. The van der Waals surface area contributed by atoms with Crippen molar-refractivity contribution in [2.45, 2.75) is 18.9 Å². The summed E-state index contributed by atoms with van der Waals surface area (Å²) < 4.78 is 9.04. The zero-order chi connectivity index (χ0) is 22.1. The van der Waals surface area contributed by atoms with Crippen LogP contribution in [0.5, 0.6) is 11.5 Å². The molecule has 1 aliphatic rings. The van der Waals surface area contributed by atoms with Crippen LogP contribution in [0.15, 0.2) is 71.0 Å². The van der Waals surface area contributed by atoms with Gasteiger partial charge in [-0.05, 0) is 49.2 Å². The Morgan fingerprint density at radius 2 is 1.66 bits per heavy atom. The number of hydrogen-bond donors (Lipinski definition) is 1. The fourth-order valence-electron chi connectivity index (χ4n) is 4.12. The quantitative estimate of drug-likeness (QED) is 0.481. The van der Waals surface area contributed by atoms with Crippen molar-refractivity contribution in [1.29, 1.82) is 0 Å². The highest BCUT2D eigenvalue weighted by Crippen LogP contribution is 2.29. The van der Waals surface area contributed by atoms with Gasteiger partial charge >= 0.3 is 5.69 Å². The second-order valence-electron chi connectivity index (χ2n) is 7.59. The zero-order valence-electron chi connectivity index (χ0n) is 17.2. The molecule has 0 radical (unpaired) electrons. The number of anilines is 1. The van der Waals surface area contributed by atoms with Crippen LogP contribution in [0.4, 0.5) is 5.82 Å². The lowest BCUT2D eigenvalue weighted by Crippen LogP contribution is -2.35. The fraction of sp³-hybridized carbons (Fsp3) is 0.227. The van der Waals surface area contributed by atoms with Crippen LogP contribution in [0.3, 0.4) is 0 Å². The number of imidazole rings is 1. The first kappa shape index (κ1) is 19.7. The van der Waals surface area contributed by atoms with Gasteiger partial charge in [0.2, 0.25) is 0 Å². The maximum Gasteiger partial charge on any atom is 0.335 e. The maximum atomic E-state index is 13.5. The summed E-state index contributed by atoms with van der Waals surface area (Å²) in [7, 11) is 0. The van der Waals surface area contributed by atoms with Crippen molar-refractivity contribution in [2.75, 3.05) is 18.8 Å². The number of rotatable bonds is 5. The molecule has 10 nitrogen and oxygen atoms in total. The van der Waals surface area contributed by atoms with Gasteiger partial charge in [-0.2, -0.15) is 0 Å². The molecule has 4 aromatic rings. The van der Waals surface area contributed by atoms with E-state index in [0.29, 0.717) is 48.5 Å². The van der Waals surface area contributed by atoms with Crippen LogP contribution in [-0.2, 0) is 0 Å². The lowest BCUT2D eigenvalue weighted by atomic mass is 10.1. The van der Waals surface area contributed by atoms with Gasteiger partial charge in [0, 0.05) is 19.1 Å². The predicted molar refractivity (Wildman–Crippen MR) is 120 cm³/mol. The molecule has 0 amide bonds. The molecule has 0 spiro atoms. The van der Waals surface area contributed by atoms with Gasteiger partial charge in [0.15, 0.2) is 11.5 Å². The molecule has 0 saturated carbocycles. The molecule has 2 N–H and O–H groups in total. The molecule has 2 aromatic heterocycles. The van der Waals surface area contributed by atoms with E-state index in [2.05, 4.69) is 15.3 Å². The number of hydrogen-bond acceptors (Lipinski definition) is 7.